The van der Waals surface area contributed by atoms with Crippen LogP contribution in [0.4, 0.5) is 0 Å². The maximum atomic E-state index is 4.94. The van der Waals surface area contributed by atoms with E-state index in [1.807, 2.05) is 5.83 Å². The molecule has 0 atom stereocenters. The zero-order valence-corrected chi connectivity index (χ0v) is 8.32. The van der Waals surface area contributed by atoms with Crippen molar-refractivity contribution < 1.29 is 4.74 Å². The van der Waals surface area contributed by atoms with Crippen molar-refractivity contribution in [2.75, 3.05) is 19.0 Å². The van der Waals surface area contributed by atoms with Crippen LogP contribution in [0.2, 0.25) is 0 Å². The van der Waals surface area contributed by atoms with Crippen LogP contribution in [-0.2, 0) is 4.74 Å². The highest BCUT2D eigenvalue weighted by Gasteiger charge is 1.94. The molecule has 0 aromatic carbocycles. The second kappa shape index (κ2) is 11.1. The normalized spacial score (nSPS) is 15.8. The predicted molar refractivity (Wildman–Crippen MR) is 40.7 cm³/mol. The Morgan fingerprint density at radius 3 is 1.62 bits per heavy atom. The number of hydrogen-bond donors (Lipinski definition) is 0. The van der Waals surface area contributed by atoms with E-state index in [2.05, 4.69) is 15.9 Å². The van der Waals surface area contributed by atoms with Crippen LogP contribution in [0, 0.1) is 0 Å². The van der Waals surface area contributed by atoms with E-state index in [4.69, 9.17) is 4.74 Å². The summed E-state index contributed by atoms with van der Waals surface area (Å²) in [6, 6.07) is 0. The minimum Gasteiger partial charge on any atom is -0.381 e. The van der Waals surface area contributed by atoms with Crippen molar-refractivity contribution in [3.8, 4) is 0 Å². The minimum absolute atomic E-state index is 0. The first-order valence-electron chi connectivity index (χ1n) is 2.46. The molecule has 1 fully saturated rings. The molecular formula is C5H11BrMgO. The van der Waals surface area contributed by atoms with Gasteiger partial charge in [0.25, 0.3) is 0 Å². The van der Waals surface area contributed by atoms with E-state index < -0.39 is 0 Å². The van der Waals surface area contributed by atoms with Gasteiger partial charge in [0, 0.05) is 36.3 Å². The molecule has 0 aromatic rings. The van der Waals surface area contributed by atoms with Crippen molar-refractivity contribution in [1.29, 1.82) is 0 Å². The Morgan fingerprint density at radius 2 is 1.50 bits per heavy atom. The second-order valence-corrected chi connectivity index (χ2v) is 1.32. The van der Waals surface area contributed by atoms with E-state index in [-0.39, 0.29) is 23.1 Å². The fourth-order valence-corrected chi connectivity index (χ4v) is 0.510. The second-order valence-electron chi connectivity index (χ2n) is 1.32. The van der Waals surface area contributed by atoms with Crippen LogP contribution in [0.1, 0.15) is 12.8 Å². The summed E-state index contributed by atoms with van der Waals surface area (Å²) in [5.74, 6) is 1.81. The van der Waals surface area contributed by atoms with Gasteiger partial charge in [0.15, 0.2) is 0 Å². The third kappa shape index (κ3) is 7.21. The molecule has 1 nitrogen and oxygen atoms in total. The molecule has 0 saturated carbocycles. The largest absolute Gasteiger partial charge is 0.381 e. The molecule has 0 spiro atoms. The zero-order valence-electron chi connectivity index (χ0n) is 5.32. The number of halogens is 1. The molecular weight excluding hydrogens is 180 g/mol. The topological polar surface area (TPSA) is 9.23 Å². The summed E-state index contributed by atoms with van der Waals surface area (Å²) in [4.78, 5) is 0. The number of hydrogen-bond acceptors (Lipinski definition) is 1. The molecule has 46 valence electrons. The van der Waals surface area contributed by atoms with Crippen molar-refractivity contribution in [3.05, 3.63) is 0 Å². The van der Waals surface area contributed by atoms with Crippen LogP contribution < -0.4 is 0 Å². The molecule has 0 amide bonds. The molecule has 1 aliphatic heterocycles. The van der Waals surface area contributed by atoms with Gasteiger partial charge in [-0.2, -0.15) is 0 Å². The summed E-state index contributed by atoms with van der Waals surface area (Å²) in [6.45, 7) is 2.00. The van der Waals surface area contributed by atoms with Crippen molar-refractivity contribution in [3.63, 3.8) is 0 Å². The van der Waals surface area contributed by atoms with Gasteiger partial charge >= 0.3 is 0 Å². The SMILES string of the molecule is C1CCOC1.CBr.[Mg]. The van der Waals surface area contributed by atoms with Gasteiger partial charge in [-0.15, -0.1) is 0 Å². The molecule has 0 aliphatic carbocycles. The lowest BCUT2D eigenvalue weighted by atomic mass is 10.4. The maximum Gasteiger partial charge on any atom is 0.0466 e. The third-order valence-electron chi connectivity index (χ3n) is 0.827. The van der Waals surface area contributed by atoms with Gasteiger partial charge in [0.05, 0.1) is 0 Å². The smallest absolute Gasteiger partial charge is 0.0466 e. The van der Waals surface area contributed by atoms with Crippen molar-refractivity contribution in [1.82, 2.24) is 0 Å². The molecule has 1 heterocycles. The molecule has 1 saturated heterocycles. The quantitative estimate of drug-likeness (QED) is 0.416. The molecule has 3 heteroatoms. The molecule has 8 heavy (non-hydrogen) atoms. The van der Waals surface area contributed by atoms with Gasteiger partial charge in [-0.05, 0) is 18.7 Å². The molecule has 2 radical (unpaired) electrons. The Hall–Kier alpha value is 1.21. The zero-order chi connectivity index (χ0) is 5.54. The van der Waals surface area contributed by atoms with Crippen molar-refractivity contribution in [2.45, 2.75) is 12.8 Å². The Kier molecular flexibility index (Phi) is 16.5. The van der Waals surface area contributed by atoms with E-state index in [1.165, 1.54) is 12.8 Å². The Balaban J connectivity index is 0. The third-order valence-corrected chi connectivity index (χ3v) is 0.827. The first kappa shape index (κ1) is 11.9. The number of ether oxygens (including phenoxy) is 1. The summed E-state index contributed by atoms with van der Waals surface area (Å²) < 4.78 is 4.94. The number of rotatable bonds is 0. The van der Waals surface area contributed by atoms with Gasteiger partial charge in [0.1, 0.15) is 0 Å². The van der Waals surface area contributed by atoms with E-state index in [0.29, 0.717) is 0 Å². The standard InChI is InChI=1S/C4H8O.CH3Br.Mg/c1-2-4-5-3-1;1-2;/h1-4H2;1H3;. The predicted octanol–water partition coefficient (Wildman–Crippen LogP) is 1.43. The average molecular weight is 191 g/mol. The lowest BCUT2D eigenvalue weighted by molar-refractivity contribution is 0.198. The van der Waals surface area contributed by atoms with E-state index in [1.54, 1.807) is 0 Å². The summed E-state index contributed by atoms with van der Waals surface area (Å²) in [5, 5.41) is 0. The lowest BCUT2D eigenvalue weighted by Gasteiger charge is -1.76. The molecule has 0 aromatic heterocycles. The van der Waals surface area contributed by atoms with Gasteiger partial charge in [-0.3, -0.25) is 0 Å². The maximum absolute atomic E-state index is 4.94. The highest BCUT2D eigenvalue weighted by Crippen LogP contribution is 1.98. The van der Waals surface area contributed by atoms with Crippen LogP contribution in [0.25, 0.3) is 0 Å². The van der Waals surface area contributed by atoms with Crippen molar-refractivity contribution >= 4 is 39.0 Å². The Bertz CT molecular complexity index is 24.0. The average Bonchev–Trinajstić information content (AvgIpc) is 2.23. The van der Waals surface area contributed by atoms with Gasteiger partial charge in [-0.25, -0.2) is 0 Å². The first-order valence-corrected chi connectivity index (χ1v) is 4.04. The van der Waals surface area contributed by atoms with Gasteiger partial charge < -0.3 is 4.74 Å². The van der Waals surface area contributed by atoms with Crippen LogP contribution in [-0.4, -0.2) is 42.1 Å². The number of alkyl halides is 1. The van der Waals surface area contributed by atoms with E-state index >= 15 is 0 Å². The van der Waals surface area contributed by atoms with Crippen LogP contribution in [0.3, 0.4) is 0 Å². The van der Waals surface area contributed by atoms with E-state index in [0.717, 1.165) is 13.2 Å². The van der Waals surface area contributed by atoms with Crippen LogP contribution >= 0.6 is 15.9 Å². The van der Waals surface area contributed by atoms with Crippen molar-refractivity contribution in [2.24, 2.45) is 0 Å². The molecule has 0 N–H and O–H groups in total. The van der Waals surface area contributed by atoms with Crippen LogP contribution in [0.5, 0.6) is 0 Å². The van der Waals surface area contributed by atoms with Crippen LogP contribution in [0.15, 0.2) is 0 Å². The Morgan fingerprint density at radius 1 is 1.12 bits per heavy atom. The van der Waals surface area contributed by atoms with Gasteiger partial charge in [0.2, 0.25) is 0 Å². The fourth-order valence-electron chi connectivity index (χ4n) is 0.510. The summed E-state index contributed by atoms with van der Waals surface area (Å²) in [5.41, 5.74) is 0. The lowest BCUT2D eigenvalue weighted by Crippen LogP contribution is -1.74. The molecule has 0 unspecified atom stereocenters. The summed E-state index contributed by atoms with van der Waals surface area (Å²) >= 11 is 2.94. The first-order chi connectivity index (χ1) is 3.50. The van der Waals surface area contributed by atoms with Gasteiger partial charge in [-0.1, -0.05) is 15.9 Å². The minimum atomic E-state index is 0. The highest BCUT2D eigenvalue weighted by molar-refractivity contribution is 9.08. The molecule has 1 aliphatic rings. The van der Waals surface area contributed by atoms with E-state index in [9.17, 15) is 0 Å². The Labute approximate surface area is 75.5 Å². The highest BCUT2D eigenvalue weighted by atomic mass is 79.9. The fraction of sp³-hybridized carbons (Fsp3) is 1.00. The molecule has 0 bridgehead atoms. The monoisotopic (exact) mass is 190 g/mol. The summed E-state index contributed by atoms with van der Waals surface area (Å²) in [7, 11) is 0. The summed E-state index contributed by atoms with van der Waals surface area (Å²) in [6.07, 6.45) is 2.56. The molecule has 1 rings (SSSR count).